The molecule has 2 aliphatic heterocycles. The maximum absolute atomic E-state index is 13.9. The van der Waals surface area contributed by atoms with Gasteiger partial charge in [-0.2, -0.15) is 5.10 Å². The van der Waals surface area contributed by atoms with E-state index < -0.39 is 5.82 Å². The van der Waals surface area contributed by atoms with E-state index in [1.807, 2.05) is 35.9 Å². The van der Waals surface area contributed by atoms with Gasteiger partial charge in [0, 0.05) is 43.0 Å². The normalized spacial score (nSPS) is 18.2. The molecule has 0 aliphatic carbocycles. The highest BCUT2D eigenvalue weighted by atomic mass is 32.1. The highest BCUT2D eigenvalue weighted by Gasteiger charge is 2.36. The van der Waals surface area contributed by atoms with Gasteiger partial charge in [0.1, 0.15) is 12.4 Å². The van der Waals surface area contributed by atoms with Crippen molar-refractivity contribution in [3.63, 3.8) is 0 Å². The first-order chi connectivity index (χ1) is 18.0. The topological polar surface area (TPSA) is 65.5 Å². The summed E-state index contributed by atoms with van der Waals surface area (Å²) in [5.41, 5.74) is 2.22. The van der Waals surface area contributed by atoms with Crippen molar-refractivity contribution in [2.45, 2.75) is 19.4 Å². The summed E-state index contributed by atoms with van der Waals surface area (Å²) in [6.07, 6.45) is 0.624. The Hall–Kier alpha value is -2.92. The standard InChI is InChI=1S/C27H29FN4O3S2/c1-19-7-15-37-26(19)23-17-22(24-6-3-14-36-24)29-32(23)25(33)18-31(9-8-30-10-12-35-13-11-30)27(34)20-4-2-5-21(28)16-20/h2-7,14-16,23H,8-13,17-18H2,1H3/t23-/m1/s1. The molecule has 0 bridgehead atoms. The molecule has 5 rings (SSSR count). The first-order valence-corrected chi connectivity index (χ1v) is 14.1. The molecule has 2 aromatic heterocycles. The maximum Gasteiger partial charge on any atom is 0.262 e. The van der Waals surface area contributed by atoms with E-state index in [4.69, 9.17) is 9.84 Å². The van der Waals surface area contributed by atoms with E-state index in [0.29, 0.717) is 32.7 Å². The third kappa shape index (κ3) is 5.98. The second-order valence-corrected chi connectivity index (χ2v) is 11.0. The van der Waals surface area contributed by atoms with Crippen molar-refractivity contribution >= 4 is 40.2 Å². The quantitative estimate of drug-likeness (QED) is 0.425. The van der Waals surface area contributed by atoms with E-state index in [2.05, 4.69) is 4.90 Å². The van der Waals surface area contributed by atoms with Gasteiger partial charge < -0.3 is 9.64 Å². The third-order valence-corrected chi connectivity index (χ3v) is 8.69. The predicted octanol–water partition coefficient (Wildman–Crippen LogP) is 4.41. The maximum atomic E-state index is 13.9. The van der Waals surface area contributed by atoms with Crippen LogP contribution >= 0.6 is 22.7 Å². The zero-order valence-corrected chi connectivity index (χ0v) is 22.3. The molecule has 1 atom stereocenters. The van der Waals surface area contributed by atoms with Crippen molar-refractivity contribution in [1.82, 2.24) is 14.8 Å². The zero-order chi connectivity index (χ0) is 25.8. The number of ether oxygens (including phenoxy) is 1. The number of halogens is 1. The van der Waals surface area contributed by atoms with Crippen molar-refractivity contribution in [1.29, 1.82) is 0 Å². The molecular formula is C27H29FN4O3S2. The van der Waals surface area contributed by atoms with Crippen molar-refractivity contribution < 1.29 is 18.7 Å². The van der Waals surface area contributed by atoms with Gasteiger partial charge in [-0.05, 0) is 53.6 Å². The lowest BCUT2D eigenvalue weighted by Crippen LogP contribution is -2.46. The molecule has 0 radical (unpaired) electrons. The number of carbonyl (C=O) groups is 2. The van der Waals surface area contributed by atoms with Crippen LogP contribution in [-0.2, 0) is 9.53 Å². The van der Waals surface area contributed by atoms with Crippen molar-refractivity contribution in [3.05, 3.63) is 79.9 Å². The fraction of sp³-hybridized carbons (Fsp3) is 0.370. The lowest BCUT2D eigenvalue weighted by atomic mass is 10.1. The van der Waals surface area contributed by atoms with E-state index in [9.17, 15) is 14.0 Å². The van der Waals surface area contributed by atoms with Crippen LogP contribution in [0.25, 0.3) is 0 Å². The number of carbonyl (C=O) groups excluding carboxylic acids is 2. The smallest absolute Gasteiger partial charge is 0.262 e. The minimum Gasteiger partial charge on any atom is -0.379 e. The Morgan fingerprint density at radius 1 is 1.14 bits per heavy atom. The van der Waals surface area contributed by atoms with Gasteiger partial charge in [-0.3, -0.25) is 14.5 Å². The second kappa shape index (κ2) is 11.6. The number of aryl methyl sites for hydroxylation is 1. The molecule has 0 unspecified atom stereocenters. The van der Waals surface area contributed by atoms with Crippen LogP contribution in [0, 0.1) is 12.7 Å². The van der Waals surface area contributed by atoms with Crippen LogP contribution in [0.3, 0.4) is 0 Å². The molecule has 3 aromatic rings. The van der Waals surface area contributed by atoms with E-state index in [1.165, 1.54) is 23.1 Å². The number of hydrogen-bond acceptors (Lipinski definition) is 7. The Kier molecular flexibility index (Phi) is 8.09. The Morgan fingerprint density at radius 3 is 2.68 bits per heavy atom. The van der Waals surface area contributed by atoms with Gasteiger partial charge >= 0.3 is 0 Å². The lowest BCUT2D eigenvalue weighted by Gasteiger charge is -2.31. The molecule has 1 fully saturated rings. The third-order valence-electron chi connectivity index (χ3n) is 6.65. The van der Waals surface area contributed by atoms with E-state index in [0.717, 1.165) is 34.1 Å². The van der Waals surface area contributed by atoms with Gasteiger partial charge in [-0.25, -0.2) is 9.40 Å². The monoisotopic (exact) mass is 540 g/mol. The summed E-state index contributed by atoms with van der Waals surface area (Å²) in [4.78, 5) is 33.1. The number of hydrazone groups is 1. The largest absolute Gasteiger partial charge is 0.379 e. The molecular weight excluding hydrogens is 511 g/mol. The summed E-state index contributed by atoms with van der Waals surface area (Å²) < 4.78 is 19.3. The minimum atomic E-state index is -0.483. The second-order valence-electron chi connectivity index (χ2n) is 9.14. The molecule has 37 heavy (non-hydrogen) atoms. The van der Waals surface area contributed by atoms with Crippen LogP contribution in [0.1, 0.15) is 38.1 Å². The summed E-state index contributed by atoms with van der Waals surface area (Å²) in [6, 6.07) is 11.4. The number of thiophene rings is 2. The van der Waals surface area contributed by atoms with Crippen LogP contribution in [0.5, 0.6) is 0 Å². The summed E-state index contributed by atoms with van der Waals surface area (Å²) in [5, 5.41) is 10.3. The van der Waals surface area contributed by atoms with Gasteiger partial charge in [0.2, 0.25) is 0 Å². The fourth-order valence-corrected chi connectivity index (χ4v) is 6.38. The molecule has 7 nitrogen and oxygen atoms in total. The molecule has 2 amide bonds. The van der Waals surface area contributed by atoms with Crippen LogP contribution in [0.2, 0.25) is 0 Å². The van der Waals surface area contributed by atoms with E-state index in [-0.39, 0.29) is 30.0 Å². The Labute approximate surface area is 223 Å². The summed E-state index contributed by atoms with van der Waals surface area (Å²) >= 11 is 3.21. The number of amides is 2. The number of benzene rings is 1. The number of rotatable bonds is 8. The van der Waals surface area contributed by atoms with Gasteiger partial charge in [0.05, 0.1) is 29.8 Å². The average Bonchev–Trinajstić information content (AvgIpc) is 3.67. The molecule has 10 heteroatoms. The Morgan fingerprint density at radius 2 is 1.97 bits per heavy atom. The number of morpholine rings is 1. The minimum absolute atomic E-state index is 0.137. The molecule has 0 N–H and O–H groups in total. The van der Waals surface area contributed by atoms with Crippen LogP contribution in [0.15, 0.2) is 58.3 Å². The lowest BCUT2D eigenvalue weighted by molar-refractivity contribution is -0.133. The molecule has 4 heterocycles. The first kappa shape index (κ1) is 25.7. The fourth-order valence-electron chi connectivity index (χ4n) is 4.64. The highest BCUT2D eigenvalue weighted by molar-refractivity contribution is 7.12. The van der Waals surface area contributed by atoms with Crippen LogP contribution < -0.4 is 0 Å². The molecule has 0 saturated carbocycles. The van der Waals surface area contributed by atoms with Crippen LogP contribution in [0.4, 0.5) is 4.39 Å². The molecule has 1 saturated heterocycles. The SMILES string of the molecule is Cc1ccsc1[C@H]1CC(c2cccs2)=NN1C(=O)CN(CCN1CCOCC1)C(=O)c1cccc(F)c1. The van der Waals surface area contributed by atoms with Crippen molar-refractivity contribution in [2.24, 2.45) is 5.10 Å². The van der Waals surface area contributed by atoms with Crippen molar-refractivity contribution in [3.8, 4) is 0 Å². The van der Waals surface area contributed by atoms with E-state index >= 15 is 0 Å². The highest BCUT2D eigenvalue weighted by Crippen LogP contribution is 2.38. The molecule has 194 valence electrons. The summed E-state index contributed by atoms with van der Waals surface area (Å²) in [6.45, 7) is 5.70. The van der Waals surface area contributed by atoms with E-state index in [1.54, 1.807) is 33.7 Å². The summed E-state index contributed by atoms with van der Waals surface area (Å²) in [7, 11) is 0. The van der Waals surface area contributed by atoms with Crippen molar-refractivity contribution in [2.75, 3.05) is 45.9 Å². The molecule has 1 aromatic carbocycles. The van der Waals surface area contributed by atoms with Gasteiger partial charge in [-0.15, -0.1) is 22.7 Å². The Bertz CT molecular complexity index is 1270. The zero-order valence-electron chi connectivity index (χ0n) is 20.6. The van der Waals surface area contributed by atoms with Gasteiger partial charge in [0.15, 0.2) is 0 Å². The number of nitrogens with zero attached hydrogens (tertiary/aromatic N) is 4. The van der Waals surface area contributed by atoms with Crippen LogP contribution in [-0.4, -0.2) is 78.3 Å². The predicted molar refractivity (Wildman–Crippen MR) is 144 cm³/mol. The Balaban J connectivity index is 1.39. The molecule has 2 aliphatic rings. The average molecular weight is 541 g/mol. The molecule has 0 spiro atoms. The van der Waals surface area contributed by atoms with Gasteiger partial charge in [0.25, 0.3) is 11.8 Å². The first-order valence-electron chi connectivity index (χ1n) is 12.3. The number of hydrogen-bond donors (Lipinski definition) is 0. The summed E-state index contributed by atoms with van der Waals surface area (Å²) in [5.74, 6) is -1.11. The van der Waals surface area contributed by atoms with Gasteiger partial charge in [-0.1, -0.05) is 12.1 Å².